The Balaban J connectivity index is 1.48. The highest BCUT2D eigenvalue weighted by Gasteiger charge is 2.24. The molecule has 0 saturated carbocycles. The van der Waals surface area contributed by atoms with Crippen LogP contribution in [-0.4, -0.2) is 54.0 Å². The molecule has 1 aromatic heterocycles. The SMILES string of the molecule is CC(NC(=O)N1CCN(c2cccc(Cl)c2)CC1)C(=O)Nc1nccs1. The number of nitrogens with one attached hydrogen (secondary N) is 2. The van der Waals surface area contributed by atoms with Gasteiger partial charge in [0.15, 0.2) is 5.13 Å². The minimum Gasteiger partial charge on any atom is -0.368 e. The van der Waals surface area contributed by atoms with Gasteiger partial charge in [-0.25, -0.2) is 9.78 Å². The molecule has 0 radical (unpaired) electrons. The van der Waals surface area contributed by atoms with Gasteiger partial charge in [0.2, 0.25) is 5.91 Å². The van der Waals surface area contributed by atoms with E-state index < -0.39 is 6.04 Å². The van der Waals surface area contributed by atoms with Crippen molar-refractivity contribution in [3.8, 4) is 0 Å². The summed E-state index contributed by atoms with van der Waals surface area (Å²) in [7, 11) is 0. The molecule has 1 aliphatic heterocycles. The van der Waals surface area contributed by atoms with E-state index in [1.807, 2.05) is 24.3 Å². The van der Waals surface area contributed by atoms with E-state index in [9.17, 15) is 9.59 Å². The van der Waals surface area contributed by atoms with Crippen LogP contribution in [0.5, 0.6) is 0 Å². The largest absolute Gasteiger partial charge is 0.368 e. The van der Waals surface area contributed by atoms with Crippen LogP contribution in [-0.2, 0) is 4.79 Å². The van der Waals surface area contributed by atoms with Crippen LogP contribution in [0.1, 0.15) is 6.92 Å². The summed E-state index contributed by atoms with van der Waals surface area (Å²) in [5, 5.41) is 8.41. The van der Waals surface area contributed by atoms with Crippen molar-refractivity contribution in [1.82, 2.24) is 15.2 Å². The standard InChI is InChI=1S/C17H20ClN5O2S/c1-12(15(24)21-16-19-5-10-26-16)20-17(25)23-8-6-22(7-9-23)14-4-2-3-13(18)11-14/h2-5,10-12H,6-9H2,1H3,(H,20,25)(H,19,21,24). The first-order valence-corrected chi connectivity index (χ1v) is 9.55. The summed E-state index contributed by atoms with van der Waals surface area (Å²) in [6.45, 7) is 4.25. The van der Waals surface area contributed by atoms with Gasteiger partial charge in [0, 0.05) is 48.5 Å². The summed E-state index contributed by atoms with van der Waals surface area (Å²) in [5.74, 6) is -0.286. The molecule has 2 heterocycles. The van der Waals surface area contributed by atoms with Gasteiger partial charge in [0.05, 0.1) is 0 Å². The molecular weight excluding hydrogens is 374 g/mol. The number of hydrogen-bond donors (Lipinski definition) is 2. The number of nitrogens with zero attached hydrogens (tertiary/aromatic N) is 3. The summed E-state index contributed by atoms with van der Waals surface area (Å²) in [6.07, 6.45) is 1.61. The number of piperazine rings is 1. The molecular formula is C17H20ClN5O2S. The highest BCUT2D eigenvalue weighted by atomic mass is 35.5. The molecule has 1 saturated heterocycles. The third kappa shape index (κ3) is 4.64. The molecule has 1 atom stereocenters. The number of urea groups is 1. The second kappa shape index (κ2) is 8.37. The number of aromatic nitrogens is 1. The number of anilines is 2. The Morgan fingerprint density at radius 2 is 2.04 bits per heavy atom. The normalized spacial score (nSPS) is 15.5. The quantitative estimate of drug-likeness (QED) is 0.837. The topological polar surface area (TPSA) is 77.6 Å². The number of amides is 3. The minimum atomic E-state index is -0.641. The summed E-state index contributed by atoms with van der Waals surface area (Å²) in [6, 6.07) is 6.80. The Kier molecular flexibility index (Phi) is 5.95. The van der Waals surface area contributed by atoms with Crippen LogP contribution in [0.3, 0.4) is 0 Å². The van der Waals surface area contributed by atoms with Crippen LogP contribution >= 0.6 is 22.9 Å². The molecule has 3 amide bonds. The van der Waals surface area contributed by atoms with Gasteiger partial charge in [0.1, 0.15) is 6.04 Å². The van der Waals surface area contributed by atoms with Gasteiger partial charge in [-0.1, -0.05) is 17.7 Å². The van der Waals surface area contributed by atoms with Crippen LogP contribution in [0, 0.1) is 0 Å². The van der Waals surface area contributed by atoms with Crippen molar-refractivity contribution in [2.24, 2.45) is 0 Å². The molecule has 0 bridgehead atoms. The van der Waals surface area contributed by atoms with Crippen molar-refractivity contribution in [3.63, 3.8) is 0 Å². The fourth-order valence-corrected chi connectivity index (χ4v) is 3.40. The maximum atomic E-state index is 12.4. The van der Waals surface area contributed by atoms with Crippen LogP contribution in [0.15, 0.2) is 35.8 Å². The molecule has 7 nitrogen and oxygen atoms in total. The number of rotatable bonds is 4. The van der Waals surface area contributed by atoms with Gasteiger partial charge >= 0.3 is 6.03 Å². The molecule has 138 valence electrons. The van der Waals surface area contributed by atoms with Gasteiger partial charge in [-0.2, -0.15) is 0 Å². The molecule has 1 aliphatic rings. The fourth-order valence-electron chi connectivity index (χ4n) is 2.68. The Morgan fingerprint density at radius 3 is 2.69 bits per heavy atom. The number of thiazole rings is 1. The van der Waals surface area contributed by atoms with E-state index in [-0.39, 0.29) is 11.9 Å². The molecule has 26 heavy (non-hydrogen) atoms. The summed E-state index contributed by atoms with van der Waals surface area (Å²) >= 11 is 7.37. The average Bonchev–Trinajstić information content (AvgIpc) is 3.14. The lowest BCUT2D eigenvalue weighted by Gasteiger charge is -2.36. The summed E-state index contributed by atoms with van der Waals surface area (Å²) < 4.78 is 0. The third-order valence-electron chi connectivity index (χ3n) is 4.14. The Morgan fingerprint density at radius 1 is 1.27 bits per heavy atom. The molecule has 9 heteroatoms. The monoisotopic (exact) mass is 393 g/mol. The molecule has 1 fully saturated rings. The first-order chi connectivity index (χ1) is 12.5. The number of halogens is 1. The third-order valence-corrected chi connectivity index (χ3v) is 5.06. The molecule has 2 N–H and O–H groups in total. The molecule has 1 unspecified atom stereocenters. The lowest BCUT2D eigenvalue weighted by Crippen LogP contribution is -2.54. The maximum Gasteiger partial charge on any atom is 0.318 e. The van der Waals surface area contributed by atoms with Crippen molar-refractivity contribution in [1.29, 1.82) is 0 Å². The van der Waals surface area contributed by atoms with Gasteiger partial charge < -0.3 is 20.4 Å². The zero-order chi connectivity index (χ0) is 18.5. The molecule has 0 spiro atoms. The van der Waals surface area contributed by atoms with E-state index in [1.54, 1.807) is 23.4 Å². The molecule has 0 aliphatic carbocycles. The molecule has 1 aromatic carbocycles. The summed E-state index contributed by atoms with van der Waals surface area (Å²) in [4.78, 5) is 32.4. The highest BCUT2D eigenvalue weighted by Crippen LogP contribution is 2.20. The lowest BCUT2D eigenvalue weighted by molar-refractivity contribution is -0.117. The maximum absolute atomic E-state index is 12.4. The van der Waals surface area contributed by atoms with E-state index in [0.717, 1.165) is 5.69 Å². The highest BCUT2D eigenvalue weighted by molar-refractivity contribution is 7.13. The zero-order valence-corrected chi connectivity index (χ0v) is 15.9. The van der Waals surface area contributed by atoms with E-state index in [2.05, 4.69) is 20.5 Å². The van der Waals surface area contributed by atoms with E-state index >= 15 is 0 Å². The smallest absolute Gasteiger partial charge is 0.318 e. The zero-order valence-electron chi connectivity index (χ0n) is 14.3. The number of hydrogen-bond acceptors (Lipinski definition) is 5. The Hall–Kier alpha value is -2.32. The second-order valence-electron chi connectivity index (χ2n) is 5.95. The average molecular weight is 394 g/mol. The van der Waals surface area contributed by atoms with Crippen LogP contribution in [0.4, 0.5) is 15.6 Å². The number of carbonyl (C=O) groups is 2. The van der Waals surface area contributed by atoms with Crippen LogP contribution in [0.2, 0.25) is 5.02 Å². The van der Waals surface area contributed by atoms with Crippen molar-refractivity contribution in [3.05, 3.63) is 40.9 Å². The van der Waals surface area contributed by atoms with Crippen LogP contribution < -0.4 is 15.5 Å². The molecule has 2 aromatic rings. The number of benzene rings is 1. The first-order valence-electron chi connectivity index (χ1n) is 8.29. The van der Waals surface area contributed by atoms with Crippen molar-refractivity contribution < 1.29 is 9.59 Å². The Bertz CT molecular complexity index is 762. The van der Waals surface area contributed by atoms with Gasteiger partial charge in [-0.3, -0.25) is 4.79 Å². The number of carbonyl (C=O) groups excluding carboxylic acids is 2. The van der Waals surface area contributed by atoms with Gasteiger partial charge in [-0.05, 0) is 25.1 Å². The van der Waals surface area contributed by atoms with Crippen LogP contribution in [0.25, 0.3) is 0 Å². The van der Waals surface area contributed by atoms with E-state index in [0.29, 0.717) is 36.3 Å². The van der Waals surface area contributed by atoms with E-state index in [4.69, 9.17) is 11.6 Å². The summed E-state index contributed by atoms with van der Waals surface area (Å²) in [5.41, 5.74) is 1.05. The second-order valence-corrected chi connectivity index (χ2v) is 7.28. The van der Waals surface area contributed by atoms with E-state index in [1.165, 1.54) is 11.3 Å². The lowest BCUT2D eigenvalue weighted by atomic mass is 10.2. The predicted octanol–water partition coefficient (Wildman–Crippen LogP) is 2.66. The predicted molar refractivity (Wildman–Crippen MR) is 104 cm³/mol. The minimum absolute atomic E-state index is 0.238. The Labute approximate surface area is 161 Å². The fraction of sp³-hybridized carbons (Fsp3) is 0.353. The van der Waals surface area contributed by atoms with Crippen molar-refractivity contribution in [2.45, 2.75) is 13.0 Å². The van der Waals surface area contributed by atoms with Crippen molar-refractivity contribution >= 4 is 45.7 Å². The van der Waals surface area contributed by atoms with Gasteiger partial charge in [-0.15, -0.1) is 11.3 Å². The van der Waals surface area contributed by atoms with Crippen molar-refractivity contribution in [2.75, 3.05) is 36.4 Å². The van der Waals surface area contributed by atoms with Gasteiger partial charge in [0.25, 0.3) is 0 Å². The first kappa shape index (κ1) is 18.5. The molecule has 3 rings (SSSR count).